The Balaban J connectivity index is 2.49. The summed E-state index contributed by atoms with van der Waals surface area (Å²) in [6, 6.07) is 8.29. The third-order valence-corrected chi connectivity index (χ3v) is 4.97. The SMILES string of the molecule is COc1cc(C)c(NS(=O)(=O)c2cc(C)ccc2OC)cc1OC. The van der Waals surface area contributed by atoms with E-state index in [1.54, 1.807) is 37.3 Å². The zero-order chi connectivity index (χ0) is 17.9. The monoisotopic (exact) mass is 351 g/mol. The van der Waals surface area contributed by atoms with E-state index in [1.165, 1.54) is 21.3 Å². The highest BCUT2D eigenvalue weighted by Crippen LogP contribution is 2.35. The van der Waals surface area contributed by atoms with E-state index < -0.39 is 10.0 Å². The predicted octanol–water partition coefficient (Wildman–Crippen LogP) is 3.13. The van der Waals surface area contributed by atoms with Gasteiger partial charge in [0.25, 0.3) is 10.0 Å². The molecule has 0 bridgehead atoms. The molecule has 0 aliphatic carbocycles. The first-order chi connectivity index (χ1) is 11.3. The molecule has 2 rings (SSSR count). The van der Waals surface area contributed by atoms with Crippen LogP contribution < -0.4 is 18.9 Å². The fraction of sp³-hybridized carbons (Fsp3) is 0.294. The zero-order valence-electron chi connectivity index (χ0n) is 14.3. The Morgan fingerprint density at radius 1 is 0.833 bits per heavy atom. The number of nitrogens with one attached hydrogen (secondary N) is 1. The smallest absolute Gasteiger partial charge is 0.265 e. The van der Waals surface area contributed by atoms with Crippen LogP contribution in [-0.2, 0) is 10.0 Å². The van der Waals surface area contributed by atoms with Gasteiger partial charge in [0.05, 0.1) is 27.0 Å². The number of rotatable bonds is 6. The molecule has 0 atom stereocenters. The normalized spacial score (nSPS) is 11.0. The number of sulfonamides is 1. The van der Waals surface area contributed by atoms with Crippen LogP contribution in [0, 0.1) is 13.8 Å². The van der Waals surface area contributed by atoms with Crippen molar-refractivity contribution in [2.24, 2.45) is 0 Å². The average Bonchev–Trinajstić information content (AvgIpc) is 2.56. The van der Waals surface area contributed by atoms with E-state index in [9.17, 15) is 8.42 Å². The molecule has 0 heterocycles. The fourth-order valence-corrected chi connectivity index (χ4v) is 3.66. The van der Waals surface area contributed by atoms with E-state index in [2.05, 4.69) is 4.72 Å². The number of anilines is 1. The van der Waals surface area contributed by atoms with Crippen LogP contribution in [0.3, 0.4) is 0 Å². The molecule has 0 aromatic heterocycles. The molecule has 0 amide bonds. The molecule has 0 aliphatic heterocycles. The molecule has 0 saturated heterocycles. The second-order valence-corrected chi connectivity index (χ2v) is 6.93. The molecule has 0 aliphatic rings. The summed E-state index contributed by atoms with van der Waals surface area (Å²) < 4.78 is 43.8. The Bertz CT molecular complexity index is 846. The van der Waals surface area contributed by atoms with Crippen molar-refractivity contribution in [3.05, 3.63) is 41.5 Å². The van der Waals surface area contributed by atoms with Crippen molar-refractivity contribution in [1.82, 2.24) is 0 Å². The lowest BCUT2D eigenvalue weighted by atomic mass is 10.2. The number of ether oxygens (including phenoxy) is 3. The van der Waals surface area contributed by atoms with Gasteiger partial charge in [-0.05, 0) is 43.2 Å². The van der Waals surface area contributed by atoms with Gasteiger partial charge in [-0.15, -0.1) is 0 Å². The quantitative estimate of drug-likeness (QED) is 0.865. The number of hydrogen-bond donors (Lipinski definition) is 1. The van der Waals surface area contributed by atoms with Gasteiger partial charge in [0.2, 0.25) is 0 Å². The maximum absolute atomic E-state index is 12.8. The van der Waals surface area contributed by atoms with E-state index in [4.69, 9.17) is 14.2 Å². The zero-order valence-corrected chi connectivity index (χ0v) is 15.2. The van der Waals surface area contributed by atoms with Gasteiger partial charge in [0, 0.05) is 6.07 Å². The van der Waals surface area contributed by atoms with Crippen molar-refractivity contribution in [3.8, 4) is 17.2 Å². The van der Waals surface area contributed by atoms with Gasteiger partial charge in [0.1, 0.15) is 10.6 Å². The second kappa shape index (κ2) is 7.00. The maximum atomic E-state index is 12.8. The maximum Gasteiger partial charge on any atom is 0.265 e. The molecule has 1 N–H and O–H groups in total. The summed E-state index contributed by atoms with van der Waals surface area (Å²) in [6.07, 6.45) is 0. The molecular weight excluding hydrogens is 330 g/mol. The number of methoxy groups -OCH3 is 3. The Morgan fingerprint density at radius 3 is 2.00 bits per heavy atom. The molecular formula is C17H21NO5S. The predicted molar refractivity (Wildman–Crippen MR) is 92.8 cm³/mol. The van der Waals surface area contributed by atoms with Crippen molar-refractivity contribution >= 4 is 15.7 Å². The molecule has 24 heavy (non-hydrogen) atoms. The van der Waals surface area contributed by atoms with E-state index >= 15 is 0 Å². The number of hydrogen-bond acceptors (Lipinski definition) is 5. The van der Waals surface area contributed by atoms with Gasteiger partial charge < -0.3 is 14.2 Å². The summed E-state index contributed by atoms with van der Waals surface area (Å²) in [5.74, 6) is 1.26. The first kappa shape index (κ1) is 17.9. The van der Waals surface area contributed by atoms with Crippen LogP contribution in [0.1, 0.15) is 11.1 Å². The van der Waals surface area contributed by atoms with Crippen molar-refractivity contribution in [2.75, 3.05) is 26.1 Å². The number of aryl methyl sites for hydroxylation is 2. The lowest BCUT2D eigenvalue weighted by Crippen LogP contribution is -2.15. The minimum Gasteiger partial charge on any atom is -0.495 e. The van der Waals surface area contributed by atoms with Crippen molar-refractivity contribution in [2.45, 2.75) is 18.7 Å². The second-order valence-electron chi connectivity index (χ2n) is 5.28. The van der Waals surface area contributed by atoms with Crippen molar-refractivity contribution < 1.29 is 22.6 Å². The Morgan fingerprint density at radius 2 is 1.42 bits per heavy atom. The van der Waals surface area contributed by atoms with E-state index in [0.717, 1.165) is 5.56 Å². The summed E-state index contributed by atoms with van der Waals surface area (Å²) in [5.41, 5.74) is 1.94. The summed E-state index contributed by atoms with van der Waals surface area (Å²) in [6.45, 7) is 3.60. The summed E-state index contributed by atoms with van der Waals surface area (Å²) >= 11 is 0. The van der Waals surface area contributed by atoms with Crippen LogP contribution in [0.5, 0.6) is 17.2 Å². The molecule has 0 spiro atoms. The highest BCUT2D eigenvalue weighted by molar-refractivity contribution is 7.92. The topological polar surface area (TPSA) is 73.9 Å². The van der Waals surface area contributed by atoms with Crippen LogP contribution in [0.25, 0.3) is 0 Å². The molecule has 2 aromatic carbocycles. The Labute approximate surface area is 142 Å². The molecule has 0 radical (unpaired) electrons. The standard InChI is InChI=1S/C17H21NO5S/c1-11-6-7-14(21-3)17(8-11)24(19,20)18-13-10-16(23-5)15(22-4)9-12(13)2/h6-10,18H,1-5H3. The molecule has 7 heteroatoms. The lowest BCUT2D eigenvalue weighted by Gasteiger charge is -2.16. The van der Waals surface area contributed by atoms with Gasteiger partial charge in [-0.25, -0.2) is 8.42 Å². The van der Waals surface area contributed by atoms with E-state index in [-0.39, 0.29) is 10.6 Å². The Hall–Kier alpha value is -2.41. The van der Waals surface area contributed by atoms with Crippen LogP contribution >= 0.6 is 0 Å². The molecule has 0 fully saturated rings. The van der Waals surface area contributed by atoms with Crippen LogP contribution in [-0.4, -0.2) is 29.7 Å². The minimum atomic E-state index is -3.82. The van der Waals surface area contributed by atoms with Gasteiger partial charge in [0.15, 0.2) is 11.5 Å². The largest absolute Gasteiger partial charge is 0.495 e. The van der Waals surface area contributed by atoms with Gasteiger partial charge in [-0.1, -0.05) is 6.07 Å². The minimum absolute atomic E-state index is 0.0826. The first-order valence-corrected chi connectivity index (χ1v) is 8.70. The fourth-order valence-electron chi connectivity index (χ4n) is 2.28. The van der Waals surface area contributed by atoms with E-state index in [0.29, 0.717) is 22.7 Å². The van der Waals surface area contributed by atoms with Crippen LogP contribution in [0.15, 0.2) is 35.2 Å². The third-order valence-electron chi connectivity index (χ3n) is 3.58. The number of benzene rings is 2. The van der Waals surface area contributed by atoms with Crippen molar-refractivity contribution in [3.63, 3.8) is 0 Å². The van der Waals surface area contributed by atoms with E-state index in [1.807, 2.05) is 6.92 Å². The first-order valence-electron chi connectivity index (χ1n) is 7.22. The molecule has 0 unspecified atom stereocenters. The van der Waals surface area contributed by atoms with Gasteiger partial charge >= 0.3 is 0 Å². The summed E-state index contributed by atoms with van der Waals surface area (Å²) in [5, 5.41) is 0. The van der Waals surface area contributed by atoms with Crippen LogP contribution in [0.4, 0.5) is 5.69 Å². The molecule has 2 aromatic rings. The lowest BCUT2D eigenvalue weighted by molar-refractivity contribution is 0.355. The summed E-state index contributed by atoms with van der Waals surface area (Å²) in [4.78, 5) is 0.0826. The highest BCUT2D eigenvalue weighted by Gasteiger charge is 2.21. The third kappa shape index (κ3) is 3.56. The van der Waals surface area contributed by atoms with Crippen molar-refractivity contribution in [1.29, 1.82) is 0 Å². The van der Waals surface area contributed by atoms with Crippen LogP contribution in [0.2, 0.25) is 0 Å². The molecule has 6 nitrogen and oxygen atoms in total. The highest BCUT2D eigenvalue weighted by atomic mass is 32.2. The summed E-state index contributed by atoms with van der Waals surface area (Å²) in [7, 11) is 0.640. The van der Waals surface area contributed by atoms with Gasteiger partial charge in [-0.2, -0.15) is 0 Å². The average molecular weight is 351 g/mol. The Kier molecular flexibility index (Phi) is 5.23. The molecule has 130 valence electrons. The van der Waals surface area contributed by atoms with Gasteiger partial charge in [-0.3, -0.25) is 4.72 Å². The molecule has 0 saturated carbocycles.